The fourth-order valence-corrected chi connectivity index (χ4v) is 3.33. The molecule has 2 aromatic rings. The Hall–Kier alpha value is -2.33. The Labute approximate surface area is 148 Å². The number of furan rings is 1. The Bertz CT molecular complexity index is 874. The van der Waals surface area contributed by atoms with Gasteiger partial charge in [0, 0.05) is 5.56 Å². The second-order valence-corrected chi connectivity index (χ2v) is 7.33. The second-order valence-electron chi connectivity index (χ2n) is 5.61. The lowest BCUT2D eigenvalue weighted by Gasteiger charge is -2.13. The van der Waals surface area contributed by atoms with E-state index in [1.807, 2.05) is 0 Å². The van der Waals surface area contributed by atoms with Crippen molar-refractivity contribution >= 4 is 15.9 Å². The highest BCUT2D eigenvalue weighted by Gasteiger charge is 2.28. The van der Waals surface area contributed by atoms with Crippen LogP contribution in [0.4, 0.5) is 13.2 Å². The maximum absolute atomic E-state index is 12.4. The van der Waals surface area contributed by atoms with Crippen molar-refractivity contribution in [2.24, 2.45) is 0 Å². The zero-order valence-corrected chi connectivity index (χ0v) is 14.7. The summed E-state index contributed by atoms with van der Waals surface area (Å²) in [5, 5.41) is 1.71. The van der Waals surface area contributed by atoms with Crippen LogP contribution in [0, 0.1) is 6.92 Å². The van der Waals surface area contributed by atoms with Crippen molar-refractivity contribution in [2.45, 2.75) is 31.0 Å². The molecule has 2 rings (SSSR count). The van der Waals surface area contributed by atoms with E-state index in [1.165, 1.54) is 0 Å². The molecule has 1 atom stereocenters. The van der Waals surface area contributed by atoms with E-state index in [0.717, 1.165) is 24.3 Å². The largest absolute Gasteiger partial charge is 0.465 e. The molecule has 10 heteroatoms. The second kappa shape index (κ2) is 7.50. The molecule has 1 aromatic carbocycles. The third kappa shape index (κ3) is 5.33. The number of sulfonamides is 1. The number of hydrogen-bond acceptors (Lipinski definition) is 4. The molecule has 26 heavy (non-hydrogen) atoms. The molecule has 1 unspecified atom stereocenters. The van der Waals surface area contributed by atoms with Gasteiger partial charge in [0.1, 0.15) is 18.1 Å². The molecule has 0 saturated carbocycles. The van der Waals surface area contributed by atoms with Gasteiger partial charge in [-0.3, -0.25) is 4.79 Å². The summed E-state index contributed by atoms with van der Waals surface area (Å²) in [6.07, 6.45) is -4.52. The normalized spacial score (nSPS) is 13.4. The van der Waals surface area contributed by atoms with Crippen LogP contribution in [-0.4, -0.2) is 27.0 Å². The quantitative estimate of drug-likeness (QED) is 0.794. The van der Waals surface area contributed by atoms with E-state index in [0.29, 0.717) is 11.5 Å². The summed E-state index contributed by atoms with van der Waals surface area (Å²) in [4.78, 5) is 11.5. The Morgan fingerprint density at radius 3 is 2.27 bits per heavy atom. The topological polar surface area (TPSA) is 88.4 Å². The lowest BCUT2D eigenvalue weighted by Crippen LogP contribution is -2.33. The lowest BCUT2D eigenvalue weighted by atomic mass is 10.2. The number of aryl methyl sites for hydroxylation is 1. The molecule has 2 N–H and O–H groups in total. The van der Waals surface area contributed by atoms with E-state index in [2.05, 4.69) is 4.72 Å². The third-order valence-corrected chi connectivity index (χ3v) is 4.95. The van der Waals surface area contributed by atoms with E-state index in [1.54, 1.807) is 31.3 Å². The predicted octanol–water partition coefficient (Wildman–Crippen LogP) is 2.92. The van der Waals surface area contributed by atoms with E-state index in [4.69, 9.17) is 4.42 Å². The summed E-state index contributed by atoms with van der Waals surface area (Å²) < 4.78 is 68.8. The van der Waals surface area contributed by atoms with Crippen molar-refractivity contribution in [1.29, 1.82) is 0 Å². The van der Waals surface area contributed by atoms with E-state index >= 15 is 0 Å². The van der Waals surface area contributed by atoms with Gasteiger partial charge >= 0.3 is 6.18 Å². The highest BCUT2D eigenvalue weighted by molar-refractivity contribution is 7.89. The molecule has 0 aliphatic heterocycles. The van der Waals surface area contributed by atoms with Gasteiger partial charge in [-0.25, -0.2) is 13.1 Å². The number of carbonyl (C=O) groups is 1. The van der Waals surface area contributed by atoms with Crippen molar-refractivity contribution in [3.63, 3.8) is 0 Å². The van der Waals surface area contributed by atoms with Crippen LogP contribution in [0.1, 0.15) is 34.8 Å². The van der Waals surface area contributed by atoms with Crippen LogP contribution in [0.3, 0.4) is 0 Å². The van der Waals surface area contributed by atoms with E-state index in [9.17, 15) is 26.4 Å². The number of halogens is 3. The summed E-state index contributed by atoms with van der Waals surface area (Å²) >= 11 is 0. The molecule has 0 aliphatic carbocycles. The standard InChI is InChI=1S/C16H17F3N2O4S/c1-10-3-8-14(25-10)11(2)21-26(23,24)13-6-4-12(5-7-13)15(22)20-9-16(17,18)19/h3-8,11,21H,9H2,1-2H3,(H,20,22). The van der Waals surface area contributed by atoms with Crippen molar-refractivity contribution < 1.29 is 30.8 Å². The van der Waals surface area contributed by atoms with E-state index in [-0.39, 0.29) is 10.5 Å². The minimum absolute atomic E-state index is 0.0806. The average Bonchev–Trinajstić information content (AvgIpc) is 2.98. The molecule has 1 heterocycles. The van der Waals surface area contributed by atoms with Crippen molar-refractivity contribution in [2.75, 3.05) is 6.54 Å². The first-order valence-electron chi connectivity index (χ1n) is 7.51. The maximum atomic E-state index is 12.4. The van der Waals surface area contributed by atoms with Gasteiger partial charge in [0.2, 0.25) is 10.0 Å². The van der Waals surface area contributed by atoms with Gasteiger partial charge in [-0.15, -0.1) is 0 Å². The number of amides is 1. The number of benzene rings is 1. The van der Waals surface area contributed by atoms with E-state index < -0.39 is 34.7 Å². The third-order valence-electron chi connectivity index (χ3n) is 3.40. The minimum Gasteiger partial charge on any atom is -0.465 e. The maximum Gasteiger partial charge on any atom is 0.405 e. The molecule has 1 amide bonds. The van der Waals surface area contributed by atoms with Crippen molar-refractivity contribution in [3.05, 3.63) is 53.5 Å². The Kier molecular flexibility index (Phi) is 5.77. The number of carbonyl (C=O) groups excluding carboxylic acids is 1. The highest BCUT2D eigenvalue weighted by Crippen LogP contribution is 2.19. The lowest BCUT2D eigenvalue weighted by molar-refractivity contribution is -0.123. The molecule has 142 valence electrons. The Morgan fingerprint density at radius 2 is 1.77 bits per heavy atom. The van der Waals surface area contributed by atoms with Gasteiger partial charge in [0.25, 0.3) is 5.91 Å². The van der Waals surface area contributed by atoms with Crippen LogP contribution >= 0.6 is 0 Å². The smallest absolute Gasteiger partial charge is 0.405 e. The number of hydrogen-bond donors (Lipinski definition) is 2. The first-order valence-corrected chi connectivity index (χ1v) is 9.00. The van der Waals surface area contributed by atoms with Gasteiger partial charge in [0.15, 0.2) is 0 Å². The fourth-order valence-electron chi connectivity index (χ4n) is 2.11. The van der Waals surface area contributed by atoms with Crippen molar-refractivity contribution in [1.82, 2.24) is 10.0 Å². The summed E-state index contributed by atoms with van der Waals surface area (Å²) in [5.74, 6) is 0.133. The first-order chi connectivity index (χ1) is 12.0. The molecule has 0 aliphatic rings. The number of rotatable bonds is 6. The van der Waals surface area contributed by atoms with Gasteiger partial charge < -0.3 is 9.73 Å². The number of nitrogens with one attached hydrogen (secondary N) is 2. The first kappa shape index (κ1) is 20.0. The molecular weight excluding hydrogens is 373 g/mol. The summed E-state index contributed by atoms with van der Waals surface area (Å²) in [6.45, 7) is 1.87. The zero-order valence-electron chi connectivity index (χ0n) is 13.9. The molecule has 0 spiro atoms. The van der Waals surface area contributed by atoms with Crippen LogP contribution in [-0.2, 0) is 10.0 Å². The minimum atomic E-state index is -4.52. The summed E-state index contributed by atoms with van der Waals surface area (Å²) in [7, 11) is -3.90. The van der Waals surface area contributed by atoms with Crippen molar-refractivity contribution in [3.8, 4) is 0 Å². The number of alkyl halides is 3. The van der Waals surface area contributed by atoms with Gasteiger partial charge in [-0.2, -0.15) is 13.2 Å². The van der Waals surface area contributed by atoms with Crippen LogP contribution in [0.5, 0.6) is 0 Å². The molecule has 1 aromatic heterocycles. The predicted molar refractivity (Wildman–Crippen MR) is 87.0 cm³/mol. The monoisotopic (exact) mass is 390 g/mol. The fraction of sp³-hybridized carbons (Fsp3) is 0.312. The Balaban J connectivity index is 2.07. The molecule has 0 saturated heterocycles. The Morgan fingerprint density at radius 1 is 1.15 bits per heavy atom. The van der Waals surface area contributed by atoms with Gasteiger partial charge in [-0.1, -0.05) is 0 Å². The molecule has 0 fully saturated rings. The van der Waals surface area contributed by atoms with Gasteiger partial charge in [0.05, 0.1) is 10.9 Å². The summed E-state index contributed by atoms with van der Waals surface area (Å²) in [6, 6.07) is 7.30. The van der Waals surface area contributed by atoms with Crippen LogP contribution in [0.15, 0.2) is 45.7 Å². The molecule has 0 radical (unpaired) electrons. The summed E-state index contributed by atoms with van der Waals surface area (Å²) in [5.41, 5.74) is -0.0806. The van der Waals surface area contributed by atoms with Crippen LogP contribution in [0.2, 0.25) is 0 Å². The highest BCUT2D eigenvalue weighted by atomic mass is 32.2. The molecular formula is C16H17F3N2O4S. The van der Waals surface area contributed by atoms with Crippen LogP contribution < -0.4 is 10.0 Å². The zero-order chi connectivity index (χ0) is 19.5. The van der Waals surface area contributed by atoms with Crippen LogP contribution in [0.25, 0.3) is 0 Å². The molecule has 0 bridgehead atoms. The SMILES string of the molecule is Cc1ccc(C(C)NS(=O)(=O)c2ccc(C(=O)NCC(F)(F)F)cc2)o1. The molecule has 6 nitrogen and oxygen atoms in total. The average molecular weight is 390 g/mol. The van der Waals surface area contributed by atoms with Gasteiger partial charge in [-0.05, 0) is 50.2 Å².